The Hall–Kier alpha value is -1.33. The number of methoxy groups -OCH3 is 1. The quantitative estimate of drug-likeness (QED) is 0.637. The van der Waals surface area contributed by atoms with Crippen molar-refractivity contribution in [2.45, 2.75) is 12.8 Å². The van der Waals surface area contributed by atoms with Gasteiger partial charge in [-0.2, -0.15) is 0 Å². The van der Waals surface area contributed by atoms with E-state index < -0.39 is 0 Å². The number of likely N-dealkylation sites (tertiary alicyclic amines) is 1. The molecular weight excluding hydrogens is 298 g/mol. The number of amides is 1. The number of thiophene rings is 1. The van der Waals surface area contributed by atoms with Crippen molar-refractivity contribution < 1.29 is 14.3 Å². The van der Waals surface area contributed by atoms with Gasteiger partial charge in [-0.1, -0.05) is 11.6 Å². The zero-order valence-electron chi connectivity index (χ0n) is 11.2. The van der Waals surface area contributed by atoms with Gasteiger partial charge in [-0.05, 0) is 31.1 Å². The third-order valence-electron chi connectivity index (χ3n) is 3.25. The van der Waals surface area contributed by atoms with Crippen molar-refractivity contribution in [3.8, 4) is 0 Å². The molecule has 4 nitrogen and oxygen atoms in total. The summed E-state index contributed by atoms with van der Waals surface area (Å²) in [7, 11) is 1.38. The van der Waals surface area contributed by atoms with E-state index in [9.17, 15) is 9.59 Å². The van der Waals surface area contributed by atoms with E-state index in [0.29, 0.717) is 17.4 Å². The van der Waals surface area contributed by atoms with Crippen LogP contribution in [0.3, 0.4) is 0 Å². The maximum Gasteiger partial charge on any atom is 0.310 e. The summed E-state index contributed by atoms with van der Waals surface area (Å²) in [6.45, 7) is 1.11. The number of nitrogens with zero attached hydrogens (tertiary/aromatic N) is 1. The lowest BCUT2D eigenvalue weighted by atomic mass is 9.98. The summed E-state index contributed by atoms with van der Waals surface area (Å²) in [6.07, 6.45) is 4.88. The molecular formula is C14H16ClNO3S. The number of carbonyl (C=O) groups excluding carboxylic acids is 2. The predicted molar refractivity (Wildman–Crippen MR) is 79.7 cm³/mol. The fourth-order valence-electron chi connectivity index (χ4n) is 2.21. The molecule has 1 aromatic rings. The second-order valence-corrected chi connectivity index (χ2v) is 6.37. The Morgan fingerprint density at radius 3 is 2.95 bits per heavy atom. The van der Waals surface area contributed by atoms with Gasteiger partial charge in [0.2, 0.25) is 5.91 Å². The summed E-state index contributed by atoms with van der Waals surface area (Å²) < 4.78 is 5.44. The topological polar surface area (TPSA) is 46.6 Å². The van der Waals surface area contributed by atoms with Gasteiger partial charge < -0.3 is 9.64 Å². The van der Waals surface area contributed by atoms with Gasteiger partial charge in [0.25, 0.3) is 0 Å². The molecule has 1 aliphatic rings. The Labute approximate surface area is 127 Å². The molecule has 2 rings (SSSR count). The van der Waals surface area contributed by atoms with Crippen molar-refractivity contribution >= 4 is 40.9 Å². The highest BCUT2D eigenvalue weighted by atomic mass is 35.5. The van der Waals surface area contributed by atoms with E-state index in [1.807, 2.05) is 6.07 Å². The lowest BCUT2D eigenvalue weighted by molar-refractivity contribution is -0.148. The molecule has 20 heavy (non-hydrogen) atoms. The minimum Gasteiger partial charge on any atom is -0.469 e. The molecule has 1 aliphatic heterocycles. The molecule has 0 spiro atoms. The normalized spacial score (nSPS) is 19.3. The highest BCUT2D eigenvalue weighted by Crippen LogP contribution is 2.23. The maximum absolute atomic E-state index is 12.1. The predicted octanol–water partition coefficient (Wildman–Crippen LogP) is 2.83. The van der Waals surface area contributed by atoms with Crippen LogP contribution in [0, 0.1) is 5.92 Å². The van der Waals surface area contributed by atoms with Crippen LogP contribution in [0.25, 0.3) is 6.08 Å². The maximum atomic E-state index is 12.1. The Morgan fingerprint density at radius 1 is 1.50 bits per heavy atom. The molecule has 0 N–H and O–H groups in total. The van der Waals surface area contributed by atoms with E-state index in [2.05, 4.69) is 0 Å². The monoisotopic (exact) mass is 313 g/mol. The number of piperidine rings is 1. The third kappa shape index (κ3) is 3.84. The number of esters is 1. The summed E-state index contributed by atoms with van der Waals surface area (Å²) in [5.41, 5.74) is 0. The van der Waals surface area contributed by atoms with Crippen LogP contribution < -0.4 is 0 Å². The van der Waals surface area contributed by atoms with Crippen LogP contribution >= 0.6 is 22.9 Å². The Kier molecular flexibility index (Phi) is 5.20. The molecule has 1 aromatic heterocycles. The summed E-state index contributed by atoms with van der Waals surface area (Å²) in [5.74, 6) is -0.526. The van der Waals surface area contributed by atoms with Crippen molar-refractivity contribution in [1.29, 1.82) is 0 Å². The first-order valence-electron chi connectivity index (χ1n) is 6.40. The zero-order valence-corrected chi connectivity index (χ0v) is 12.7. The first kappa shape index (κ1) is 15.1. The molecule has 2 heterocycles. The van der Waals surface area contributed by atoms with Gasteiger partial charge in [0.15, 0.2) is 0 Å². The molecule has 0 unspecified atom stereocenters. The van der Waals surface area contributed by atoms with Crippen LogP contribution in [0.4, 0.5) is 0 Å². The van der Waals surface area contributed by atoms with Gasteiger partial charge >= 0.3 is 5.97 Å². The molecule has 0 bridgehead atoms. The number of rotatable bonds is 3. The molecule has 1 atom stereocenters. The first-order chi connectivity index (χ1) is 9.60. The first-order valence-corrected chi connectivity index (χ1v) is 7.59. The fourth-order valence-corrected chi connectivity index (χ4v) is 3.18. The van der Waals surface area contributed by atoms with Crippen molar-refractivity contribution in [3.05, 3.63) is 27.4 Å². The van der Waals surface area contributed by atoms with Crippen molar-refractivity contribution in [1.82, 2.24) is 4.90 Å². The average Bonchev–Trinajstić information content (AvgIpc) is 2.89. The van der Waals surface area contributed by atoms with Crippen LogP contribution in [-0.4, -0.2) is 37.0 Å². The van der Waals surface area contributed by atoms with Gasteiger partial charge in [-0.15, -0.1) is 11.3 Å². The molecule has 0 saturated carbocycles. The second kappa shape index (κ2) is 6.90. The zero-order chi connectivity index (χ0) is 14.5. The molecule has 0 aromatic carbocycles. The smallest absolute Gasteiger partial charge is 0.310 e. The van der Waals surface area contributed by atoms with Gasteiger partial charge in [-0.3, -0.25) is 9.59 Å². The molecule has 0 aliphatic carbocycles. The van der Waals surface area contributed by atoms with Gasteiger partial charge in [0, 0.05) is 24.0 Å². The largest absolute Gasteiger partial charge is 0.469 e. The summed E-state index contributed by atoms with van der Waals surface area (Å²) >= 11 is 7.25. The van der Waals surface area contributed by atoms with Gasteiger partial charge in [0.05, 0.1) is 17.4 Å². The lowest BCUT2D eigenvalue weighted by Gasteiger charge is -2.30. The van der Waals surface area contributed by atoms with Crippen LogP contribution in [0.2, 0.25) is 4.34 Å². The average molecular weight is 314 g/mol. The van der Waals surface area contributed by atoms with Gasteiger partial charge in [0.1, 0.15) is 0 Å². The standard InChI is InChI=1S/C14H16ClNO3S/c1-19-14(18)10-3-2-8-16(9-10)13(17)7-5-11-4-6-12(15)20-11/h4-7,10H,2-3,8-9H2,1H3/b7-5+/t10-/m0/s1. The number of halogens is 1. The van der Waals surface area contributed by atoms with Gasteiger partial charge in [-0.25, -0.2) is 0 Å². The molecule has 0 radical (unpaired) electrons. The van der Waals surface area contributed by atoms with E-state index >= 15 is 0 Å². The Bertz CT molecular complexity index is 526. The van der Waals surface area contributed by atoms with Crippen molar-refractivity contribution in [3.63, 3.8) is 0 Å². The number of hydrogen-bond donors (Lipinski definition) is 0. The summed E-state index contributed by atoms with van der Waals surface area (Å²) in [4.78, 5) is 26.2. The SMILES string of the molecule is COC(=O)[C@H]1CCCN(C(=O)/C=C/c2ccc(Cl)s2)C1. The molecule has 1 fully saturated rings. The molecule has 6 heteroatoms. The number of hydrogen-bond acceptors (Lipinski definition) is 4. The second-order valence-electron chi connectivity index (χ2n) is 4.62. The van der Waals surface area contributed by atoms with Crippen molar-refractivity contribution in [2.24, 2.45) is 5.92 Å². The molecule has 1 amide bonds. The summed E-state index contributed by atoms with van der Waals surface area (Å²) in [6, 6.07) is 3.66. The van der Waals surface area contributed by atoms with Crippen LogP contribution in [0.5, 0.6) is 0 Å². The van der Waals surface area contributed by atoms with E-state index in [-0.39, 0.29) is 17.8 Å². The lowest BCUT2D eigenvalue weighted by Crippen LogP contribution is -2.41. The highest BCUT2D eigenvalue weighted by Gasteiger charge is 2.28. The van der Waals surface area contributed by atoms with E-state index in [1.165, 1.54) is 24.5 Å². The minimum atomic E-state index is -0.239. The Balaban J connectivity index is 1.95. The fraction of sp³-hybridized carbons (Fsp3) is 0.429. The number of carbonyl (C=O) groups is 2. The Morgan fingerprint density at radius 2 is 2.30 bits per heavy atom. The summed E-state index contributed by atoms with van der Waals surface area (Å²) in [5, 5.41) is 0. The van der Waals surface area contributed by atoms with E-state index in [0.717, 1.165) is 17.7 Å². The minimum absolute atomic E-state index is 0.0804. The highest BCUT2D eigenvalue weighted by molar-refractivity contribution is 7.17. The number of ether oxygens (including phenoxy) is 1. The van der Waals surface area contributed by atoms with Crippen LogP contribution in [0.15, 0.2) is 18.2 Å². The van der Waals surface area contributed by atoms with Crippen LogP contribution in [-0.2, 0) is 14.3 Å². The molecule has 108 valence electrons. The van der Waals surface area contributed by atoms with Crippen molar-refractivity contribution in [2.75, 3.05) is 20.2 Å². The van der Waals surface area contributed by atoms with E-state index in [1.54, 1.807) is 17.0 Å². The third-order valence-corrected chi connectivity index (χ3v) is 4.45. The molecule has 1 saturated heterocycles. The van der Waals surface area contributed by atoms with E-state index in [4.69, 9.17) is 16.3 Å². The van der Waals surface area contributed by atoms with Crippen LogP contribution in [0.1, 0.15) is 17.7 Å².